The lowest BCUT2D eigenvalue weighted by atomic mass is 9.99. The predicted molar refractivity (Wildman–Crippen MR) is 438 cm³/mol. The van der Waals surface area contributed by atoms with E-state index in [-0.39, 0.29) is 48.3 Å². The quantitative estimate of drug-likeness (QED) is 0.0473. The third kappa shape index (κ3) is 16.4. The molecule has 118 heavy (non-hydrogen) atoms. The minimum Gasteiger partial charge on any atom is -0.443 e. The number of hydrogen-bond donors (Lipinski definition) is 8. The number of fused-ring (bicyclic) bond motifs is 6. The molecular weight excluding hydrogens is 1520 g/mol. The van der Waals surface area contributed by atoms with Crippen LogP contribution < -0.4 is 41.3 Å². The summed E-state index contributed by atoms with van der Waals surface area (Å²) >= 11 is 0. The topological polar surface area (TPSA) is 330 Å². The second kappa shape index (κ2) is 31.5. The van der Waals surface area contributed by atoms with E-state index in [1.807, 2.05) is 75.5 Å². The Hall–Kier alpha value is -12.6. The molecule has 3 fully saturated rings. The molecule has 3 atom stereocenters. The molecule has 4 amide bonds. The van der Waals surface area contributed by atoms with Gasteiger partial charge in [-0.05, 0) is 152 Å². The number of amides is 4. The minimum atomic E-state index is -0.973. The van der Waals surface area contributed by atoms with Gasteiger partial charge in [0.2, 0.25) is 0 Å². The van der Waals surface area contributed by atoms with Crippen LogP contribution in [0.5, 0.6) is 0 Å². The van der Waals surface area contributed by atoms with Crippen molar-refractivity contribution >= 4 is 92.3 Å². The van der Waals surface area contributed by atoms with Crippen molar-refractivity contribution in [3.05, 3.63) is 216 Å². The van der Waals surface area contributed by atoms with Crippen LogP contribution >= 0.6 is 0 Å². The van der Waals surface area contributed by atoms with Gasteiger partial charge in [0.05, 0.1) is 148 Å². The third-order valence-corrected chi connectivity index (χ3v) is 21.6. The summed E-state index contributed by atoms with van der Waals surface area (Å²) in [7, 11) is 0. The molecule has 2 unspecified atom stereocenters. The number of imidazole rings is 3. The van der Waals surface area contributed by atoms with E-state index in [2.05, 4.69) is 71.2 Å². The van der Waals surface area contributed by atoms with Crippen LogP contribution in [0, 0.1) is 17.5 Å². The number of hydrogen-bond acceptors (Lipinski definition) is 23. The number of halogens is 3. The number of carbonyl (C=O) groups is 4. The smallest absolute Gasteiger partial charge is 0.417 e. The van der Waals surface area contributed by atoms with Gasteiger partial charge in [-0.1, -0.05) is 18.2 Å². The zero-order chi connectivity index (χ0) is 82.9. The van der Waals surface area contributed by atoms with Crippen LogP contribution in [0.15, 0.2) is 165 Å². The van der Waals surface area contributed by atoms with Gasteiger partial charge in [0.25, 0.3) is 17.7 Å². The molecular formula is C86H89F3N18O11. The molecule has 15 heterocycles. The fourth-order valence-electron chi connectivity index (χ4n) is 15.4. The Kier molecular flexibility index (Phi) is 21.1. The largest absolute Gasteiger partial charge is 0.443 e. The maximum absolute atomic E-state index is 13.9. The molecule has 0 radical (unpaired) electrons. The van der Waals surface area contributed by atoms with Crippen LogP contribution in [-0.4, -0.2) is 187 Å². The molecule has 0 bridgehead atoms. The number of anilines is 9. The second-order valence-corrected chi connectivity index (χ2v) is 32.4. The van der Waals surface area contributed by atoms with Gasteiger partial charge >= 0.3 is 6.09 Å². The van der Waals surface area contributed by atoms with Gasteiger partial charge < -0.3 is 75.6 Å². The van der Waals surface area contributed by atoms with Gasteiger partial charge in [-0.2, -0.15) is 0 Å². The van der Waals surface area contributed by atoms with E-state index < -0.39 is 40.2 Å². The maximum atomic E-state index is 13.9. The number of pyridine rings is 6. The predicted octanol–water partition coefficient (Wildman–Crippen LogP) is 12.1. The van der Waals surface area contributed by atoms with Gasteiger partial charge in [0.1, 0.15) is 75.8 Å². The zero-order valence-electron chi connectivity index (χ0n) is 66.4. The molecule has 9 aromatic heterocycles. The van der Waals surface area contributed by atoms with Crippen molar-refractivity contribution in [1.29, 1.82) is 0 Å². The summed E-state index contributed by atoms with van der Waals surface area (Å²) in [6.45, 7) is 21.8. The molecule has 6 aliphatic rings. The lowest BCUT2D eigenvalue weighted by Gasteiger charge is -2.39. The van der Waals surface area contributed by atoms with E-state index in [0.717, 1.165) is 55.6 Å². The van der Waals surface area contributed by atoms with Crippen LogP contribution in [0.2, 0.25) is 0 Å². The van der Waals surface area contributed by atoms with Gasteiger partial charge in [0.15, 0.2) is 0 Å². The van der Waals surface area contributed by atoms with E-state index >= 15 is 0 Å². The van der Waals surface area contributed by atoms with Gasteiger partial charge in [-0.25, -0.2) is 52.8 Å². The summed E-state index contributed by atoms with van der Waals surface area (Å²) in [5, 5.41) is 46.7. The lowest BCUT2D eigenvalue weighted by molar-refractivity contribution is -0.0928. The number of aromatic nitrogens is 9. The Morgan fingerprint density at radius 3 is 1.11 bits per heavy atom. The van der Waals surface area contributed by atoms with Crippen molar-refractivity contribution in [1.82, 2.24) is 58.6 Å². The summed E-state index contributed by atoms with van der Waals surface area (Å²) in [4.78, 5) is 86.7. The molecule has 8 N–H and O–H groups in total. The first-order chi connectivity index (χ1) is 56.3. The van der Waals surface area contributed by atoms with Gasteiger partial charge in [-0.15, -0.1) is 0 Å². The van der Waals surface area contributed by atoms with E-state index in [0.29, 0.717) is 157 Å². The Morgan fingerprint density at radius 1 is 0.449 bits per heavy atom. The van der Waals surface area contributed by atoms with Crippen molar-refractivity contribution in [2.45, 2.75) is 123 Å². The molecule has 0 saturated carbocycles. The summed E-state index contributed by atoms with van der Waals surface area (Å²) in [6, 6.07) is 30.8. The highest BCUT2D eigenvalue weighted by Crippen LogP contribution is 2.42. The van der Waals surface area contributed by atoms with E-state index in [1.165, 1.54) is 36.4 Å². The standard InChI is InChI=1S/C32H35FN6O5.2C27H27FN6O3/c1-31(2,3)44-30(41)39-17-22-21(24-16-35-27-14-19(33)10-11-38(24)27)7-8-23(28(22)29(39)40)36-26-9-6-20(15-34-26)37-12-13-43-25(18-37)32(4,5)42;2*1-27(2,36)22-15-33(9-10-37-22)17-3-6-23(29-12-17)32-20-5-4-18(19-13-31-26(35)25(19)20)21-14-30-24-11-16(28)7-8-34(21)24/h6-11,14-16,25,42H,12-13,17-18H2,1-5H3,(H,34,36);2*3-8,11-12,14,22,36H,9-10,13,15H2,1-2H3,(H,29,32)(H,31,35)/t;22-;/m.0./s1. The zero-order valence-corrected chi connectivity index (χ0v) is 66.4. The number of aliphatic hydroxyl groups is 3. The number of carbonyl (C=O) groups excluding carboxylic acids is 4. The number of morpholine rings is 3. The molecule has 610 valence electrons. The molecule has 32 heteroatoms. The Balaban J connectivity index is 0.000000133. The molecule has 0 spiro atoms. The maximum Gasteiger partial charge on any atom is 0.417 e. The normalized spacial score (nSPS) is 17.5. The number of imide groups is 1. The van der Waals surface area contributed by atoms with Gasteiger partial charge in [0, 0.05) is 106 Å². The lowest BCUT2D eigenvalue weighted by Crippen LogP contribution is -2.52. The molecule has 18 rings (SSSR count). The van der Waals surface area contributed by atoms with Crippen molar-refractivity contribution < 1.29 is 66.6 Å². The highest BCUT2D eigenvalue weighted by molar-refractivity contribution is 6.12. The van der Waals surface area contributed by atoms with Crippen molar-refractivity contribution in [3.63, 3.8) is 0 Å². The van der Waals surface area contributed by atoms with Crippen molar-refractivity contribution in [2.75, 3.05) is 89.7 Å². The summed E-state index contributed by atoms with van der Waals surface area (Å²) in [6.07, 6.45) is 13.5. The summed E-state index contributed by atoms with van der Waals surface area (Å²) in [5.74, 6) is -0.220. The van der Waals surface area contributed by atoms with E-state index in [4.69, 9.17) is 18.9 Å². The van der Waals surface area contributed by atoms with E-state index in [1.54, 1.807) is 129 Å². The number of nitrogens with zero attached hydrogens (tertiary/aromatic N) is 13. The summed E-state index contributed by atoms with van der Waals surface area (Å²) < 4.78 is 69.2. The Bertz CT molecular complexity index is 5630. The monoisotopic (exact) mass is 1610 g/mol. The number of nitrogens with one attached hydrogen (secondary N) is 5. The van der Waals surface area contributed by atoms with Crippen LogP contribution in [0.25, 0.3) is 50.7 Å². The van der Waals surface area contributed by atoms with Crippen molar-refractivity contribution in [3.8, 4) is 33.8 Å². The van der Waals surface area contributed by atoms with Crippen LogP contribution in [0.1, 0.15) is 110 Å². The fourth-order valence-corrected chi connectivity index (χ4v) is 15.4. The molecule has 6 aliphatic heterocycles. The molecule has 3 aromatic carbocycles. The van der Waals surface area contributed by atoms with E-state index in [9.17, 15) is 47.7 Å². The number of benzene rings is 3. The first-order valence-corrected chi connectivity index (χ1v) is 38.8. The minimum absolute atomic E-state index is 0.00582. The second-order valence-electron chi connectivity index (χ2n) is 32.4. The first-order valence-electron chi connectivity index (χ1n) is 38.8. The highest BCUT2D eigenvalue weighted by atomic mass is 19.1. The van der Waals surface area contributed by atoms with Crippen LogP contribution in [-0.2, 0) is 38.6 Å². The van der Waals surface area contributed by atoms with Crippen LogP contribution in [0.3, 0.4) is 0 Å². The first kappa shape index (κ1) is 79.3. The number of rotatable bonds is 15. The number of ether oxygens (including phenoxy) is 4. The molecule has 12 aromatic rings. The molecule has 29 nitrogen and oxygen atoms in total. The van der Waals surface area contributed by atoms with Crippen LogP contribution in [0.4, 0.5) is 69.5 Å². The van der Waals surface area contributed by atoms with Gasteiger partial charge in [-0.3, -0.25) is 27.6 Å². The Labute approximate surface area is 676 Å². The third-order valence-electron chi connectivity index (χ3n) is 21.6. The highest BCUT2D eigenvalue weighted by Gasteiger charge is 2.41. The average Bonchev–Trinajstić information content (AvgIpc) is 1.59. The van der Waals surface area contributed by atoms with Crippen molar-refractivity contribution in [2.24, 2.45) is 0 Å². The summed E-state index contributed by atoms with van der Waals surface area (Å²) in [5.41, 5.74) is 10.7. The Morgan fingerprint density at radius 2 is 0.788 bits per heavy atom. The average molecular weight is 1610 g/mol. The SMILES string of the molecule is CC(C)(C)OC(=O)N1Cc2c(-c3cnc4cc(F)ccn34)ccc(Nc3ccc(N4CCOC(C(C)(C)O)C4)cn3)c2C1=O.CC(C)(O)C1CN(c2ccc(Nc3ccc(-c4cnc5cc(F)ccn45)c4c3C(=O)NC4)nc2)CCO1.CC(C)(O)[C@@H]1CN(c2ccc(Nc3ccc(-c4cnc5cc(F)ccn45)c4c3C(=O)NC4)nc2)CCO1. The fraction of sp³-hybridized carbons (Fsp3) is 0.326. The molecule has 3 saturated heterocycles. The molecule has 0 aliphatic carbocycles.